The third-order valence-electron chi connectivity index (χ3n) is 6.27. The molecule has 0 bridgehead atoms. The Labute approximate surface area is 204 Å². The van der Waals surface area contributed by atoms with Crippen LogP contribution in [0.15, 0.2) is 42.5 Å². The van der Waals surface area contributed by atoms with Crippen LogP contribution in [0, 0.1) is 18.8 Å². The van der Waals surface area contributed by atoms with Gasteiger partial charge in [0.05, 0.1) is 30.6 Å². The van der Waals surface area contributed by atoms with Crippen molar-refractivity contribution in [3.8, 4) is 17.6 Å². The number of fused-ring (bicyclic) bond motifs is 1. The lowest BCUT2D eigenvalue weighted by Gasteiger charge is -2.30. The number of anilines is 2. The Morgan fingerprint density at radius 3 is 2.54 bits per heavy atom. The van der Waals surface area contributed by atoms with Crippen LogP contribution >= 0.6 is 0 Å². The van der Waals surface area contributed by atoms with E-state index in [1.54, 1.807) is 19.2 Å². The van der Waals surface area contributed by atoms with E-state index in [2.05, 4.69) is 34.4 Å². The first-order valence-electron chi connectivity index (χ1n) is 11.7. The zero-order chi connectivity index (χ0) is 25.0. The van der Waals surface area contributed by atoms with Gasteiger partial charge in [0, 0.05) is 17.1 Å². The number of benzene rings is 2. The molecule has 0 atom stereocenters. The van der Waals surface area contributed by atoms with Gasteiger partial charge in [0.2, 0.25) is 0 Å². The van der Waals surface area contributed by atoms with Crippen molar-refractivity contribution >= 4 is 22.3 Å². The number of methoxy groups -OCH3 is 1. The third-order valence-corrected chi connectivity index (χ3v) is 6.27. The summed E-state index contributed by atoms with van der Waals surface area (Å²) in [6.45, 7) is 3.09. The molecule has 5 nitrogen and oxygen atoms in total. The van der Waals surface area contributed by atoms with E-state index in [1.165, 1.54) is 4.57 Å². The number of nitrogens with zero attached hydrogens (tertiary/aromatic N) is 2. The van der Waals surface area contributed by atoms with Crippen molar-refractivity contribution in [2.24, 2.45) is 0 Å². The number of alkyl halides is 3. The Kier molecular flexibility index (Phi) is 7.46. The Morgan fingerprint density at radius 1 is 1.09 bits per heavy atom. The molecule has 2 aromatic carbocycles. The molecule has 0 unspecified atom stereocenters. The van der Waals surface area contributed by atoms with Gasteiger partial charge in [0.25, 0.3) is 0 Å². The van der Waals surface area contributed by atoms with Crippen LogP contribution < -0.4 is 15.4 Å². The summed E-state index contributed by atoms with van der Waals surface area (Å²) in [5.41, 5.74) is 3.44. The molecule has 1 aromatic heterocycles. The molecule has 1 saturated heterocycles. The van der Waals surface area contributed by atoms with E-state index in [0.29, 0.717) is 23.0 Å². The summed E-state index contributed by atoms with van der Waals surface area (Å²) in [6.07, 6.45) is -2.36. The first-order chi connectivity index (χ1) is 16.7. The van der Waals surface area contributed by atoms with Gasteiger partial charge in [-0.25, -0.2) is 0 Å². The fraction of sp³-hybridized carbons (Fsp3) is 0.407. The SMILES string of the molecule is COc1ccccc1NCC#Cc1cc2c(NC3CCN(C)CC3)cc(C)cc2n1CC(F)(F)F. The molecule has 1 aliphatic rings. The zero-order valence-corrected chi connectivity index (χ0v) is 20.3. The number of hydrogen-bond acceptors (Lipinski definition) is 4. The summed E-state index contributed by atoms with van der Waals surface area (Å²) >= 11 is 0. The highest BCUT2D eigenvalue weighted by Gasteiger charge is 2.30. The summed E-state index contributed by atoms with van der Waals surface area (Å²) in [7, 11) is 3.69. The summed E-state index contributed by atoms with van der Waals surface area (Å²) in [5.74, 6) is 6.62. The Bertz CT molecular complexity index is 1230. The van der Waals surface area contributed by atoms with Gasteiger partial charge in [-0.2, -0.15) is 13.2 Å². The van der Waals surface area contributed by atoms with Crippen molar-refractivity contribution in [1.29, 1.82) is 0 Å². The summed E-state index contributed by atoms with van der Waals surface area (Å²) in [6, 6.07) is 13.3. The highest BCUT2D eigenvalue weighted by Crippen LogP contribution is 2.32. The number of likely N-dealkylation sites (tertiary alicyclic amines) is 1. The van der Waals surface area contributed by atoms with Crippen LogP contribution in [0.5, 0.6) is 5.75 Å². The molecule has 0 aliphatic carbocycles. The second kappa shape index (κ2) is 10.5. The van der Waals surface area contributed by atoms with Gasteiger partial charge >= 0.3 is 6.18 Å². The molecular formula is C27H31F3N4O. The molecule has 35 heavy (non-hydrogen) atoms. The number of nitrogens with one attached hydrogen (secondary N) is 2. The van der Waals surface area contributed by atoms with E-state index in [0.717, 1.165) is 48.3 Å². The molecule has 186 valence electrons. The van der Waals surface area contributed by atoms with Crippen LogP contribution in [0.25, 0.3) is 10.9 Å². The lowest BCUT2D eigenvalue weighted by molar-refractivity contribution is -0.140. The summed E-state index contributed by atoms with van der Waals surface area (Å²) < 4.78 is 47.1. The van der Waals surface area contributed by atoms with Crippen molar-refractivity contribution in [2.75, 3.05) is 44.4 Å². The van der Waals surface area contributed by atoms with Gasteiger partial charge in [0.15, 0.2) is 0 Å². The number of piperidine rings is 1. The quantitative estimate of drug-likeness (QED) is 0.454. The van der Waals surface area contributed by atoms with Crippen LogP contribution in [-0.4, -0.2) is 55.5 Å². The van der Waals surface area contributed by atoms with Crippen molar-refractivity contribution in [3.05, 3.63) is 53.7 Å². The maximum atomic E-state index is 13.5. The number of rotatable bonds is 6. The van der Waals surface area contributed by atoms with Gasteiger partial charge in [-0.1, -0.05) is 18.1 Å². The molecule has 8 heteroatoms. The molecule has 0 radical (unpaired) electrons. The number of para-hydroxylation sites is 2. The van der Waals surface area contributed by atoms with Gasteiger partial charge in [0.1, 0.15) is 12.3 Å². The Balaban J connectivity index is 1.64. The molecule has 1 fully saturated rings. The maximum Gasteiger partial charge on any atom is 0.406 e. The second-order valence-electron chi connectivity index (χ2n) is 9.05. The molecular weight excluding hydrogens is 453 g/mol. The van der Waals surface area contributed by atoms with Gasteiger partial charge in [-0.15, -0.1) is 0 Å². The predicted molar refractivity (Wildman–Crippen MR) is 135 cm³/mol. The van der Waals surface area contributed by atoms with Crippen molar-refractivity contribution in [2.45, 2.75) is 38.5 Å². The van der Waals surface area contributed by atoms with Crippen LogP contribution in [0.2, 0.25) is 0 Å². The maximum absolute atomic E-state index is 13.5. The predicted octanol–water partition coefficient (Wildman–Crippen LogP) is 5.49. The highest BCUT2D eigenvalue weighted by atomic mass is 19.4. The minimum absolute atomic E-state index is 0.271. The van der Waals surface area contributed by atoms with Gasteiger partial charge in [-0.3, -0.25) is 0 Å². The van der Waals surface area contributed by atoms with Crippen molar-refractivity contribution < 1.29 is 17.9 Å². The Hall–Kier alpha value is -3.31. The van der Waals surface area contributed by atoms with E-state index >= 15 is 0 Å². The monoisotopic (exact) mass is 484 g/mol. The van der Waals surface area contributed by atoms with Gasteiger partial charge in [-0.05, 0) is 81.7 Å². The second-order valence-corrected chi connectivity index (χ2v) is 9.05. The number of ether oxygens (including phenoxy) is 1. The first kappa shape index (κ1) is 24.8. The van der Waals surface area contributed by atoms with Gasteiger partial charge < -0.3 is 24.8 Å². The summed E-state index contributed by atoms with van der Waals surface area (Å²) in [4.78, 5) is 2.29. The molecule has 0 saturated carbocycles. The van der Waals surface area contributed by atoms with E-state index in [-0.39, 0.29) is 6.54 Å². The topological polar surface area (TPSA) is 41.5 Å². The van der Waals surface area contributed by atoms with Crippen LogP contribution in [0.4, 0.5) is 24.5 Å². The van der Waals surface area contributed by atoms with E-state index in [9.17, 15) is 13.2 Å². The molecule has 3 aromatic rings. The highest BCUT2D eigenvalue weighted by molar-refractivity contribution is 5.94. The molecule has 2 N–H and O–H groups in total. The minimum Gasteiger partial charge on any atom is -0.495 e. The fourth-order valence-corrected chi connectivity index (χ4v) is 4.51. The average molecular weight is 485 g/mol. The number of aromatic nitrogens is 1. The van der Waals surface area contributed by atoms with Crippen molar-refractivity contribution in [1.82, 2.24) is 9.47 Å². The van der Waals surface area contributed by atoms with E-state index in [1.807, 2.05) is 37.3 Å². The van der Waals surface area contributed by atoms with E-state index in [4.69, 9.17) is 4.74 Å². The lowest BCUT2D eigenvalue weighted by atomic mass is 10.0. The van der Waals surface area contributed by atoms with Crippen LogP contribution in [-0.2, 0) is 6.54 Å². The third kappa shape index (κ3) is 6.23. The molecule has 0 amide bonds. The smallest absolute Gasteiger partial charge is 0.406 e. The molecule has 2 heterocycles. The van der Waals surface area contributed by atoms with Crippen molar-refractivity contribution in [3.63, 3.8) is 0 Å². The average Bonchev–Trinajstić information content (AvgIpc) is 3.14. The number of aryl methyl sites for hydroxylation is 1. The number of halogens is 3. The van der Waals surface area contributed by atoms with E-state index < -0.39 is 12.7 Å². The van der Waals surface area contributed by atoms with Crippen LogP contribution in [0.3, 0.4) is 0 Å². The summed E-state index contributed by atoms with van der Waals surface area (Å²) in [5, 5.41) is 7.53. The lowest BCUT2D eigenvalue weighted by Crippen LogP contribution is -2.36. The minimum atomic E-state index is -4.36. The van der Waals surface area contributed by atoms with Crippen LogP contribution in [0.1, 0.15) is 24.1 Å². The molecule has 4 rings (SSSR count). The molecule has 0 spiro atoms. The zero-order valence-electron chi connectivity index (χ0n) is 20.3. The Morgan fingerprint density at radius 2 is 1.83 bits per heavy atom. The fourth-order valence-electron chi connectivity index (χ4n) is 4.51. The standard InChI is InChI=1S/C27H31F3N4O/c1-19-15-24(32-20-10-13-33(2)14-11-20)22-17-21(34(25(22)16-19)18-27(28,29)30)7-6-12-31-23-8-4-5-9-26(23)35-3/h4-5,8-9,15-17,20,31-32H,10-14,18H2,1-3H3. The first-order valence-corrected chi connectivity index (χ1v) is 11.7. The normalized spacial score (nSPS) is 15.0. The molecule has 1 aliphatic heterocycles. The number of hydrogen-bond donors (Lipinski definition) is 2. The largest absolute Gasteiger partial charge is 0.495 e.